The van der Waals surface area contributed by atoms with Gasteiger partial charge in [-0.1, -0.05) is 12.1 Å². The van der Waals surface area contributed by atoms with Crippen LogP contribution in [-0.2, 0) is 4.79 Å². The number of Topliss-reactive ketones (excluding diaryl/α,β-unsaturated/α-hetero) is 1. The van der Waals surface area contributed by atoms with E-state index in [0.717, 1.165) is 16.5 Å². The van der Waals surface area contributed by atoms with E-state index in [2.05, 4.69) is 4.99 Å². The molecule has 4 heteroatoms. The van der Waals surface area contributed by atoms with Crippen molar-refractivity contribution in [2.75, 3.05) is 5.75 Å². The molecule has 1 fully saturated rings. The molecule has 0 saturated carbocycles. The average Bonchev–Trinajstić information content (AvgIpc) is 2.94. The Morgan fingerprint density at radius 2 is 2.35 bits per heavy atom. The van der Waals surface area contributed by atoms with Gasteiger partial charge in [0.15, 0.2) is 0 Å². The predicted molar refractivity (Wildman–Crippen MR) is 69.7 cm³/mol. The highest BCUT2D eigenvalue weighted by Gasteiger charge is 2.21. The summed E-state index contributed by atoms with van der Waals surface area (Å²) in [5.41, 5.74) is 1.90. The average molecular weight is 245 g/mol. The van der Waals surface area contributed by atoms with Crippen LogP contribution in [0.5, 0.6) is 0 Å². The van der Waals surface area contributed by atoms with Gasteiger partial charge in [-0.2, -0.15) is 0 Å². The van der Waals surface area contributed by atoms with Crippen LogP contribution >= 0.6 is 11.8 Å². The van der Waals surface area contributed by atoms with E-state index < -0.39 is 0 Å². The number of benzene rings is 1. The lowest BCUT2D eigenvalue weighted by atomic mass is 10.1. The molecule has 1 aliphatic heterocycles. The maximum atomic E-state index is 11.1. The first-order valence-corrected chi connectivity index (χ1v) is 6.50. The van der Waals surface area contributed by atoms with Crippen molar-refractivity contribution in [3.05, 3.63) is 36.1 Å². The summed E-state index contributed by atoms with van der Waals surface area (Å²) < 4.78 is 5.33. The van der Waals surface area contributed by atoms with Gasteiger partial charge in [0.05, 0.1) is 12.0 Å². The third kappa shape index (κ3) is 2.13. The fourth-order valence-electron chi connectivity index (χ4n) is 1.89. The molecule has 0 aliphatic carbocycles. The van der Waals surface area contributed by atoms with Crippen LogP contribution in [0.25, 0.3) is 11.0 Å². The molecule has 0 N–H and O–H groups in total. The van der Waals surface area contributed by atoms with Crippen LogP contribution in [0.1, 0.15) is 12.0 Å². The monoisotopic (exact) mass is 245 g/mol. The number of thioether (sulfide) groups is 1. The molecule has 0 radical (unpaired) electrons. The Bertz CT molecular complexity index is 588. The number of hydrogen-bond donors (Lipinski definition) is 0. The zero-order valence-electron chi connectivity index (χ0n) is 9.13. The van der Waals surface area contributed by atoms with Gasteiger partial charge in [-0.3, -0.25) is 9.79 Å². The maximum absolute atomic E-state index is 11.1. The molecule has 3 rings (SSSR count). The zero-order valence-corrected chi connectivity index (χ0v) is 9.94. The van der Waals surface area contributed by atoms with Crippen LogP contribution in [0.4, 0.5) is 0 Å². The van der Waals surface area contributed by atoms with Crippen molar-refractivity contribution >= 4 is 34.7 Å². The largest absolute Gasteiger partial charge is 0.464 e. The molecule has 2 aromatic rings. The van der Waals surface area contributed by atoms with E-state index in [4.69, 9.17) is 4.42 Å². The van der Waals surface area contributed by atoms with E-state index in [9.17, 15) is 4.79 Å². The zero-order chi connectivity index (χ0) is 11.7. The van der Waals surface area contributed by atoms with Crippen LogP contribution < -0.4 is 0 Å². The van der Waals surface area contributed by atoms with Crippen molar-refractivity contribution in [1.82, 2.24) is 0 Å². The second kappa shape index (κ2) is 4.37. The van der Waals surface area contributed by atoms with Gasteiger partial charge in [0.2, 0.25) is 0 Å². The minimum absolute atomic E-state index is 0.0876. The van der Waals surface area contributed by atoms with Crippen molar-refractivity contribution in [3.8, 4) is 0 Å². The Balaban J connectivity index is 1.87. The number of carbonyl (C=O) groups excluding carboxylic acids is 1. The molecule has 1 aromatic heterocycles. The molecule has 1 unspecified atom stereocenters. The van der Waals surface area contributed by atoms with Crippen LogP contribution in [0, 0.1) is 0 Å². The van der Waals surface area contributed by atoms with Gasteiger partial charge in [-0.25, -0.2) is 0 Å². The minimum Gasteiger partial charge on any atom is -0.464 e. The molecule has 0 bridgehead atoms. The fraction of sp³-hybridized carbons (Fsp3) is 0.231. The Morgan fingerprint density at radius 1 is 1.41 bits per heavy atom. The highest BCUT2D eigenvalue weighted by molar-refractivity contribution is 8.01. The lowest BCUT2D eigenvalue weighted by Gasteiger charge is -1.99. The van der Waals surface area contributed by atoms with E-state index in [1.165, 1.54) is 0 Å². The number of nitrogens with zero attached hydrogens (tertiary/aromatic N) is 1. The minimum atomic E-state index is 0.0876. The Hall–Kier alpha value is -1.55. The number of rotatable bonds is 2. The van der Waals surface area contributed by atoms with Gasteiger partial charge in [0.25, 0.3) is 0 Å². The standard InChI is InChI=1S/C13H11NO2S/c15-10-6-13(17-8-10)14-7-9-2-1-3-12-11(9)4-5-16-12/h1-5,7,13H,6,8H2. The predicted octanol–water partition coefficient (Wildman–Crippen LogP) is 2.88. The second-order valence-electron chi connectivity index (χ2n) is 3.97. The van der Waals surface area contributed by atoms with Crippen LogP contribution in [-0.4, -0.2) is 23.1 Å². The molecule has 17 heavy (non-hydrogen) atoms. The van der Waals surface area contributed by atoms with E-state index in [0.29, 0.717) is 18.0 Å². The van der Waals surface area contributed by atoms with Crippen LogP contribution in [0.2, 0.25) is 0 Å². The molecule has 1 aromatic carbocycles. The van der Waals surface area contributed by atoms with Gasteiger partial charge < -0.3 is 4.42 Å². The summed E-state index contributed by atoms with van der Waals surface area (Å²) in [6.07, 6.45) is 4.08. The maximum Gasteiger partial charge on any atom is 0.145 e. The van der Waals surface area contributed by atoms with E-state index in [1.54, 1.807) is 18.0 Å². The Labute approximate surface area is 103 Å². The lowest BCUT2D eigenvalue weighted by Crippen LogP contribution is -1.97. The molecule has 2 heterocycles. The molecular weight excluding hydrogens is 234 g/mol. The molecule has 1 aliphatic rings. The summed E-state index contributed by atoms with van der Waals surface area (Å²) in [6.45, 7) is 0. The number of carbonyl (C=O) groups is 1. The number of fused-ring (bicyclic) bond motifs is 1. The molecule has 1 saturated heterocycles. The first-order valence-electron chi connectivity index (χ1n) is 5.45. The lowest BCUT2D eigenvalue weighted by molar-refractivity contribution is -0.116. The molecule has 1 atom stereocenters. The van der Waals surface area contributed by atoms with E-state index in [1.807, 2.05) is 30.5 Å². The van der Waals surface area contributed by atoms with Gasteiger partial charge in [-0.05, 0) is 12.1 Å². The summed E-state index contributed by atoms with van der Waals surface area (Å²) in [7, 11) is 0. The van der Waals surface area contributed by atoms with Gasteiger partial charge in [0.1, 0.15) is 16.7 Å². The van der Waals surface area contributed by atoms with Crippen LogP contribution in [0.3, 0.4) is 0 Å². The molecule has 86 valence electrons. The normalized spacial score (nSPS) is 20.7. The molecule has 0 spiro atoms. The van der Waals surface area contributed by atoms with Crippen LogP contribution in [0.15, 0.2) is 39.9 Å². The van der Waals surface area contributed by atoms with Gasteiger partial charge >= 0.3 is 0 Å². The highest BCUT2D eigenvalue weighted by Crippen LogP contribution is 2.25. The third-order valence-corrected chi connectivity index (χ3v) is 3.91. The van der Waals surface area contributed by atoms with Gasteiger partial charge in [-0.15, -0.1) is 11.8 Å². The van der Waals surface area contributed by atoms with Crippen molar-refractivity contribution in [2.45, 2.75) is 11.8 Å². The number of hydrogen-bond acceptors (Lipinski definition) is 4. The fourth-order valence-corrected chi connectivity index (χ4v) is 2.84. The third-order valence-electron chi connectivity index (χ3n) is 2.75. The summed E-state index contributed by atoms with van der Waals surface area (Å²) in [5, 5.41) is 1.15. The number of furan rings is 1. The van der Waals surface area contributed by atoms with Gasteiger partial charge in [0, 0.05) is 23.6 Å². The van der Waals surface area contributed by atoms with Crippen molar-refractivity contribution in [2.24, 2.45) is 4.99 Å². The molecule has 3 nitrogen and oxygen atoms in total. The molecular formula is C13H11NO2S. The summed E-state index contributed by atoms with van der Waals surface area (Å²) >= 11 is 1.61. The Morgan fingerprint density at radius 3 is 3.18 bits per heavy atom. The second-order valence-corrected chi connectivity index (χ2v) is 5.13. The quantitative estimate of drug-likeness (QED) is 0.764. The highest BCUT2D eigenvalue weighted by atomic mass is 32.2. The number of aliphatic imine (C=N–C) groups is 1. The summed E-state index contributed by atoms with van der Waals surface area (Å²) in [5.74, 6) is 0.886. The van der Waals surface area contributed by atoms with Crippen molar-refractivity contribution < 1.29 is 9.21 Å². The summed E-state index contributed by atoms with van der Waals surface area (Å²) in [6, 6.07) is 7.81. The van der Waals surface area contributed by atoms with E-state index >= 15 is 0 Å². The van der Waals surface area contributed by atoms with E-state index in [-0.39, 0.29) is 5.37 Å². The Kier molecular flexibility index (Phi) is 2.73. The topological polar surface area (TPSA) is 42.6 Å². The SMILES string of the molecule is O=C1CSC(N=Cc2cccc3occc23)C1. The van der Waals surface area contributed by atoms with Crippen molar-refractivity contribution in [1.29, 1.82) is 0 Å². The smallest absolute Gasteiger partial charge is 0.145 e. The first kappa shape index (κ1) is 10.6. The van der Waals surface area contributed by atoms with Crippen molar-refractivity contribution in [3.63, 3.8) is 0 Å². The summed E-state index contributed by atoms with van der Waals surface area (Å²) in [4.78, 5) is 15.6. The first-order chi connectivity index (χ1) is 8.33. The molecule has 0 amide bonds. The number of ketones is 1.